The van der Waals surface area contributed by atoms with Crippen LogP contribution >= 0.6 is 0 Å². The predicted molar refractivity (Wildman–Crippen MR) is 72.7 cm³/mol. The smallest absolute Gasteiger partial charge is 1.00 e. The zero-order valence-corrected chi connectivity index (χ0v) is 17.4. The second-order valence-corrected chi connectivity index (χ2v) is 6.27. The standard InChI is InChI=1S/C11H11NO5S2.2Na.2H/c13-10-8-4-1-2-5-9(8)11(14)12(10)6-3-7-17-19(15,16)18;;;;/h1-2,4-5H,3,6-7H2,(H,15,16,18);;;;/q;2*+1;2*-1. The molecule has 1 aromatic carbocycles. The maximum atomic E-state index is 11.9. The van der Waals surface area contributed by atoms with Crippen LogP contribution < -0.4 is 59.1 Å². The van der Waals surface area contributed by atoms with E-state index in [0.717, 1.165) is 4.90 Å². The van der Waals surface area contributed by atoms with Gasteiger partial charge in [-0.3, -0.25) is 23.2 Å². The molecule has 0 radical (unpaired) electrons. The van der Waals surface area contributed by atoms with Crippen LogP contribution in [0, 0.1) is 0 Å². The molecule has 1 heterocycles. The number of rotatable bonds is 5. The van der Waals surface area contributed by atoms with Gasteiger partial charge in [0.25, 0.3) is 20.9 Å². The minimum absolute atomic E-state index is 0. The van der Waals surface area contributed by atoms with Crippen molar-refractivity contribution in [2.45, 2.75) is 6.42 Å². The summed E-state index contributed by atoms with van der Waals surface area (Å²) in [5.74, 6) is -0.715. The number of hydrogen-bond donors (Lipinski definition) is 1. The number of carbonyl (C=O) groups is 2. The molecule has 2 amide bonds. The van der Waals surface area contributed by atoms with E-state index in [2.05, 4.69) is 15.4 Å². The molecule has 21 heavy (non-hydrogen) atoms. The molecule has 1 unspecified atom stereocenters. The topological polar surface area (TPSA) is 83.9 Å². The molecule has 1 aromatic rings. The molecule has 10 heteroatoms. The van der Waals surface area contributed by atoms with Gasteiger partial charge in [-0.05, 0) is 18.6 Å². The second-order valence-electron chi connectivity index (χ2n) is 3.91. The van der Waals surface area contributed by atoms with E-state index in [0.29, 0.717) is 11.1 Å². The van der Waals surface area contributed by atoms with E-state index in [1.54, 1.807) is 24.3 Å². The average Bonchev–Trinajstić information content (AvgIpc) is 2.58. The van der Waals surface area contributed by atoms with Gasteiger partial charge in [-0.15, -0.1) is 0 Å². The molecule has 0 aromatic heterocycles. The first-order valence-electron chi connectivity index (χ1n) is 5.47. The molecule has 0 aliphatic carbocycles. The molecule has 0 spiro atoms. The summed E-state index contributed by atoms with van der Waals surface area (Å²) in [5, 5.41) is 0. The molecule has 2 rings (SSSR count). The molecule has 1 aliphatic rings. The van der Waals surface area contributed by atoms with E-state index in [9.17, 15) is 13.8 Å². The first kappa shape index (κ1) is 21.6. The maximum Gasteiger partial charge on any atom is 1.00 e. The summed E-state index contributed by atoms with van der Waals surface area (Å²) in [6.07, 6.45) is 0.250. The number of hydrogen-bond acceptors (Lipinski definition) is 5. The van der Waals surface area contributed by atoms with E-state index in [-0.39, 0.29) is 93.4 Å². The number of benzene rings is 1. The monoisotopic (exact) mass is 349 g/mol. The van der Waals surface area contributed by atoms with E-state index < -0.39 is 9.05 Å². The first-order chi connectivity index (χ1) is 8.90. The quantitative estimate of drug-likeness (QED) is 0.326. The van der Waals surface area contributed by atoms with Gasteiger partial charge in [0.1, 0.15) is 0 Å². The van der Waals surface area contributed by atoms with Gasteiger partial charge in [0, 0.05) is 17.7 Å². The van der Waals surface area contributed by atoms with Crippen LogP contribution in [0.25, 0.3) is 0 Å². The van der Waals surface area contributed by atoms with E-state index in [1.807, 2.05) is 0 Å². The molecule has 0 saturated heterocycles. The Morgan fingerprint density at radius 2 is 1.67 bits per heavy atom. The van der Waals surface area contributed by atoms with Gasteiger partial charge in [0.15, 0.2) is 0 Å². The Labute approximate surface area is 174 Å². The van der Waals surface area contributed by atoms with Gasteiger partial charge >= 0.3 is 59.1 Å². The SMILES string of the molecule is O=C1c2ccccc2C(=O)N1CCCOS(=O)(O)=S.[H-].[H-].[Na+].[Na+]. The average molecular weight is 349 g/mol. The molecule has 1 atom stereocenters. The van der Waals surface area contributed by atoms with E-state index in [1.165, 1.54) is 0 Å². The largest absolute Gasteiger partial charge is 1.00 e. The molecule has 1 N–H and O–H groups in total. The Bertz CT molecular complexity index is 610. The number of imide groups is 1. The fraction of sp³-hybridized carbons (Fsp3) is 0.273. The van der Waals surface area contributed by atoms with Crippen molar-refractivity contribution in [2.24, 2.45) is 0 Å². The van der Waals surface area contributed by atoms with E-state index in [4.69, 9.17) is 4.55 Å². The fourth-order valence-corrected chi connectivity index (χ4v) is 2.36. The third-order valence-corrected chi connectivity index (χ3v) is 3.39. The molecular weight excluding hydrogens is 336 g/mol. The van der Waals surface area contributed by atoms with Crippen molar-refractivity contribution in [3.05, 3.63) is 35.4 Å². The van der Waals surface area contributed by atoms with Crippen molar-refractivity contribution >= 4 is 32.1 Å². The van der Waals surface area contributed by atoms with Crippen LogP contribution in [-0.2, 0) is 24.4 Å². The number of fused-ring (bicyclic) bond motifs is 1. The summed E-state index contributed by atoms with van der Waals surface area (Å²) < 4.78 is 23.9. The molecular formula is C11H13NNa2O5S2. The van der Waals surface area contributed by atoms with Crippen LogP contribution in [0.5, 0.6) is 0 Å². The second kappa shape index (κ2) is 9.07. The van der Waals surface area contributed by atoms with E-state index >= 15 is 0 Å². The van der Waals surface area contributed by atoms with Gasteiger partial charge in [-0.1, -0.05) is 12.1 Å². The minimum atomic E-state index is -3.66. The summed E-state index contributed by atoms with van der Waals surface area (Å²) >= 11 is 4.15. The Morgan fingerprint density at radius 3 is 2.10 bits per heavy atom. The molecule has 0 fully saturated rings. The Morgan fingerprint density at radius 1 is 1.19 bits per heavy atom. The van der Waals surface area contributed by atoms with Crippen LogP contribution in [0.15, 0.2) is 24.3 Å². The van der Waals surface area contributed by atoms with Crippen molar-refractivity contribution in [2.75, 3.05) is 13.2 Å². The number of amides is 2. The van der Waals surface area contributed by atoms with Crippen molar-refractivity contribution in [3.8, 4) is 0 Å². The summed E-state index contributed by atoms with van der Waals surface area (Å²) in [6, 6.07) is 6.56. The Hall–Kier alpha value is 0.650. The summed E-state index contributed by atoms with van der Waals surface area (Å²) in [5.41, 5.74) is 0.755. The normalized spacial score (nSPS) is 15.8. The Balaban J connectivity index is -0.000001000. The number of nitrogens with zero attached hydrogens (tertiary/aromatic N) is 1. The van der Waals surface area contributed by atoms with Crippen molar-refractivity contribution < 1.29 is 84.5 Å². The van der Waals surface area contributed by atoms with Crippen LogP contribution in [0.2, 0.25) is 0 Å². The van der Waals surface area contributed by atoms with Crippen LogP contribution in [0.1, 0.15) is 30.0 Å². The molecule has 1 aliphatic heterocycles. The van der Waals surface area contributed by atoms with Crippen molar-refractivity contribution in [1.82, 2.24) is 4.90 Å². The first-order valence-corrected chi connectivity index (χ1v) is 7.84. The summed E-state index contributed by atoms with van der Waals surface area (Å²) in [6.45, 7) is 0.0312. The molecule has 6 nitrogen and oxygen atoms in total. The zero-order chi connectivity index (χ0) is 14.0. The van der Waals surface area contributed by atoms with Gasteiger partial charge in [0.2, 0.25) is 0 Å². The predicted octanol–water partition coefficient (Wildman–Crippen LogP) is -4.94. The Kier molecular flexibility index (Phi) is 9.35. The van der Waals surface area contributed by atoms with Crippen LogP contribution in [-0.4, -0.2) is 38.6 Å². The molecule has 0 saturated carbocycles. The van der Waals surface area contributed by atoms with Crippen molar-refractivity contribution in [1.29, 1.82) is 0 Å². The maximum absolute atomic E-state index is 11.9. The van der Waals surface area contributed by atoms with Gasteiger partial charge in [-0.2, -0.15) is 4.21 Å². The molecule has 0 bridgehead atoms. The fourth-order valence-electron chi connectivity index (χ4n) is 1.83. The van der Waals surface area contributed by atoms with Crippen LogP contribution in [0.4, 0.5) is 0 Å². The van der Waals surface area contributed by atoms with Crippen LogP contribution in [0.3, 0.4) is 0 Å². The van der Waals surface area contributed by atoms with Gasteiger partial charge in [-0.25, -0.2) is 0 Å². The third kappa shape index (κ3) is 5.65. The number of carbonyl (C=O) groups excluding carboxylic acids is 2. The summed E-state index contributed by atoms with van der Waals surface area (Å²) in [7, 11) is -3.66. The van der Waals surface area contributed by atoms with Gasteiger partial charge in [0.05, 0.1) is 17.7 Å². The third-order valence-electron chi connectivity index (χ3n) is 2.64. The molecule has 106 valence electrons. The van der Waals surface area contributed by atoms with Crippen molar-refractivity contribution in [3.63, 3.8) is 0 Å². The zero-order valence-electron chi connectivity index (χ0n) is 13.8. The summed E-state index contributed by atoms with van der Waals surface area (Å²) in [4.78, 5) is 25.0. The minimum Gasteiger partial charge on any atom is -1.00 e. The van der Waals surface area contributed by atoms with Gasteiger partial charge < -0.3 is 2.85 Å².